The van der Waals surface area contributed by atoms with E-state index in [0.717, 1.165) is 6.61 Å². The van der Waals surface area contributed by atoms with Crippen molar-refractivity contribution in [3.8, 4) is 0 Å². The van der Waals surface area contributed by atoms with Gasteiger partial charge in [0.15, 0.2) is 0 Å². The van der Waals surface area contributed by atoms with E-state index in [1.807, 2.05) is 19.1 Å². The number of rotatable bonds is 1. The Morgan fingerprint density at radius 2 is 2.40 bits per heavy atom. The molecule has 10 heavy (non-hydrogen) atoms. The standard InChI is InChI=1S/C8H12O2/c1-2-3-4-8-7-9-5-6-10-8/h2,4,8H,5-7H2,1H3. The molecule has 1 saturated heterocycles. The van der Waals surface area contributed by atoms with Crippen molar-refractivity contribution in [2.24, 2.45) is 0 Å². The summed E-state index contributed by atoms with van der Waals surface area (Å²) in [6, 6.07) is 0. The zero-order valence-corrected chi connectivity index (χ0v) is 6.17. The van der Waals surface area contributed by atoms with Crippen molar-refractivity contribution < 1.29 is 9.47 Å². The quantitative estimate of drug-likeness (QED) is 0.508. The van der Waals surface area contributed by atoms with Crippen LogP contribution in [0.3, 0.4) is 0 Å². The zero-order valence-electron chi connectivity index (χ0n) is 6.17. The monoisotopic (exact) mass is 140 g/mol. The molecule has 0 aromatic carbocycles. The first-order valence-electron chi connectivity index (χ1n) is 3.50. The Bertz CT molecular complexity index is 139. The minimum absolute atomic E-state index is 0.116. The van der Waals surface area contributed by atoms with Crippen LogP contribution in [0.15, 0.2) is 17.9 Å². The largest absolute Gasteiger partial charge is 0.376 e. The predicted octanol–water partition coefficient (Wildman–Crippen LogP) is 1.13. The minimum Gasteiger partial charge on any atom is -0.376 e. The molecule has 0 N–H and O–H groups in total. The van der Waals surface area contributed by atoms with Crippen LogP contribution in [0.1, 0.15) is 6.92 Å². The van der Waals surface area contributed by atoms with Crippen LogP contribution in [0, 0.1) is 0 Å². The van der Waals surface area contributed by atoms with Crippen molar-refractivity contribution in [3.05, 3.63) is 17.9 Å². The van der Waals surface area contributed by atoms with E-state index in [0.29, 0.717) is 13.2 Å². The van der Waals surface area contributed by atoms with Crippen molar-refractivity contribution in [2.45, 2.75) is 13.0 Å². The molecule has 2 nitrogen and oxygen atoms in total. The highest BCUT2D eigenvalue weighted by atomic mass is 16.6. The summed E-state index contributed by atoms with van der Waals surface area (Å²) in [5.74, 6) is 0. The summed E-state index contributed by atoms with van der Waals surface area (Å²) in [7, 11) is 0. The maximum atomic E-state index is 5.32. The summed E-state index contributed by atoms with van der Waals surface area (Å²) in [6.07, 6.45) is 3.86. The second-order valence-electron chi connectivity index (χ2n) is 2.11. The SMILES string of the molecule is CC=C=CC1COCCO1. The average Bonchev–Trinajstić information content (AvgIpc) is 2.03. The molecule has 0 radical (unpaired) electrons. The van der Waals surface area contributed by atoms with Gasteiger partial charge in [0.2, 0.25) is 0 Å². The highest BCUT2D eigenvalue weighted by Crippen LogP contribution is 2.00. The first kappa shape index (κ1) is 7.55. The lowest BCUT2D eigenvalue weighted by atomic mass is 10.3. The summed E-state index contributed by atoms with van der Waals surface area (Å²) in [6.45, 7) is 4.02. The topological polar surface area (TPSA) is 18.5 Å². The van der Waals surface area contributed by atoms with E-state index < -0.39 is 0 Å². The van der Waals surface area contributed by atoms with E-state index in [2.05, 4.69) is 5.73 Å². The van der Waals surface area contributed by atoms with Gasteiger partial charge in [-0.25, -0.2) is 0 Å². The fraction of sp³-hybridized carbons (Fsp3) is 0.625. The maximum absolute atomic E-state index is 5.32. The van der Waals surface area contributed by atoms with Crippen LogP contribution in [0.2, 0.25) is 0 Å². The Morgan fingerprint density at radius 1 is 1.50 bits per heavy atom. The fourth-order valence-electron chi connectivity index (χ4n) is 0.806. The summed E-state index contributed by atoms with van der Waals surface area (Å²) >= 11 is 0. The molecule has 0 aliphatic carbocycles. The van der Waals surface area contributed by atoms with Crippen molar-refractivity contribution in [1.29, 1.82) is 0 Å². The van der Waals surface area contributed by atoms with E-state index >= 15 is 0 Å². The van der Waals surface area contributed by atoms with E-state index in [9.17, 15) is 0 Å². The van der Waals surface area contributed by atoms with E-state index in [1.54, 1.807) is 0 Å². The molecule has 0 spiro atoms. The highest BCUT2D eigenvalue weighted by Gasteiger charge is 2.09. The Kier molecular flexibility index (Phi) is 3.23. The third kappa shape index (κ3) is 2.36. The van der Waals surface area contributed by atoms with E-state index in [-0.39, 0.29) is 6.10 Å². The van der Waals surface area contributed by atoms with Crippen molar-refractivity contribution in [3.63, 3.8) is 0 Å². The second kappa shape index (κ2) is 4.29. The molecule has 1 aliphatic rings. The van der Waals surface area contributed by atoms with Gasteiger partial charge in [0.25, 0.3) is 0 Å². The molecule has 0 saturated carbocycles. The van der Waals surface area contributed by atoms with E-state index in [4.69, 9.17) is 9.47 Å². The zero-order chi connectivity index (χ0) is 7.23. The van der Waals surface area contributed by atoms with Crippen molar-refractivity contribution >= 4 is 0 Å². The van der Waals surface area contributed by atoms with Crippen molar-refractivity contribution in [2.75, 3.05) is 19.8 Å². The van der Waals surface area contributed by atoms with Gasteiger partial charge in [0.1, 0.15) is 6.10 Å². The van der Waals surface area contributed by atoms with Crippen LogP contribution in [0.4, 0.5) is 0 Å². The summed E-state index contributed by atoms with van der Waals surface area (Å²) in [4.78, 5) is 0. The van der Waals surface area contributed by atoms with Crippen LogP contribution in [-0.4, -0.2) is 25.9 Å². The highest BCUT2D eigenvalue weighted by molar-refractivity contribution is 4.89. The van der Waals surface area contributed by atoms with Gasteiger partial charge in [-0.3, -0.25) is 0 Å². The van der Waals surface area contributed by atoms with Crippen LogP contribution in [-0.2, 0) is 9.47 Å². The van der Waals surface area contributed by atoms with Gasteiger partial charge >= 0.3 is 0 Å². The lowest BCUT2D eigenvalue weighted by molar-refractivity contribution is -0.0674. The van der Waals surface area contributed by atoms with Crippen LogP contribution < -0.4 is 0 Å². The maximum Gasteiger partial charge on any atom is 0.106 e. The Hall–Kier alpha value is -0.560. The van der Waals surface area contributed by atoms with Gasteiger partial charge in [-0.05, 0) is 19.1 Å². The molecule has 0 bridgehead atoms. The Morgan fingerprint density at radius 3 is 3.00 bits per heavy atom. The first-order chi connectivity index (χ1) is 4.93. The third-order valence-electron chi connectivity index (χ3n) is 1.29. The normalized spacial score (nSPS) is 25.1. The Balaban J connectivity index is 2.32. The molecule has 1 fully saturated rings. The van der Waals surface area contributed by atoms with Gasteiger partial charge < -0.3 is 9.47 Å². The molecule has 1 aliphatic heterocycles. The molecule has 1 rings (SSSR count). The predicted molar refractivity (Wildman–Crippen MR) is 38.9 cm³/mol. The fourth-order valence-corrected chi connectivity index (χ4v) is 0.806. The summed E-state index contributed by atoms with van der Waals surface area (Å²) in [5, 5.41) is 0. The third-order valence-corrected chi connectivity index (χ3v) is 1.29. The smallest absolute Gasteiger partial charge is 0.106 e. The molecule has 0 aromatic heterocycles. The molecular weight excluding hydrogens is 128 g/mol. The summed E-state index contributed by atoms with van der Waals surface area (Å²) in [5.41, 5.74) is 2.96. The van der Waals surface area contributed by atoms with Crippen LogP contribution in [0.25, 0.3) is 0 Å². The van der Waals surface area contributed by atoms with Gasteiger partial charge in [-0.2, -0.15) is 0 Å². The van der Waals surface area contributed by atoms with Gasteiger partial charge in [-0.15, -0.1) is 5.73 Å². The molecule has 1 atom stereocenters. The minimum atomic E-state index is 0.116. The molecule has 1 unspecified atom stereocenters. The van der Waals surface area contributed by atoms with Gasteiger partial charge in [-0.1, -0.05) is 0 Å². The lowest BCUT2D eigenvalue weighted by Gasteiger charge is -2.18. The summed E-state index contributed by atoms with van der Waals surface area (Å²) < 4.78 is 10.5. The molecule has 0 aromatic rings. The Labute approximate surface area is 61.1 Å². The average molecular weight is 140 g/mol. The first-order valence-corrected chi connectivity index (χ1v) is 3.50. The van der Waals surface area contributed by atoms with Crippen molar-refractivity contribution in [1.82, 2.24) is 0 Å². The van der Waals surface area contributed by atoms with Crippen LogP contribution >= 0.6 is 0 Å². The molecule has 0 amide bonds. The molecule has 1 heterocycles. The van der Waals surface area contributed by atoms with Gasteiger partial charge in [0, 0.05) is 0 Å². The number of hydrogen-bond acceptors (Lipinski definition) is 2. The van der Waals surface area contributed by atoms with Crippen LogP contribution in [0.5, 0.6) is 0 Å². The number of ether oxygens (including phenoxy) is 2. The van der Waals surface area contributed by atoms with Gasteiger partial charge in [0.05, 0.1) is 19.8 Å². The second-order valence-corrected chi connectivity index (χ2v) is 2.11. The number of hydrogen-bond donors (Lipinski definition) is 0. The molecule has 2 heteroatoms. The molecular formula is C8H12O2. The van der Waals surface area contributed by atoms with E-state index in [1.165, 1.54) is 0 Å². The lowest BCUT2D eigenvalue weighted by Crippen LogP contribution is -2.26. The molecule has 56 valence electrons.